The fourth-order valence-electron chi connectivity index (χ4n) is 10.2. The highest BCUT2D eigenvalue weighted by Crippen LogP contribution is 2.51. The minimum Gasteiger partial charge on any atom is -0.377 e. The van der Waals surface area contributed by atoms with Gasteiger partial charge in [0.2, 0.25) is 17.8 Å². The number of hydrogen-bond donors (Lipinski definition) is 1. The number of fused-ring (bicyclic) bond motifs is 5. The molecule has 11 rings (SSSR count). The van der Waals surface area contributed by atoms with Crippen LogP contribution in [-0.2, 0) is 25.6 Å². The molecule has 6 atom stereocenters. The van der Waals surface area contributed by atoms with Gasteiger partial charge in [-0.2, -0.15) is 15.1 Å². The minimum absolute atomic E-state index is 0.0163. The average molecular weight is 879 g/mol. The van der Waals surface area contributed by atoms with Crippen molar-refractivity contribution in [1.29, 1.82) is 0 Å². The van der Waals surface area contributed by atoms with Crippen molar-refractivity contribution < 1.29 is 32.2 Å². The molecule has 3 saturated heterocycles. The average Bonchev–Trinajstić information content (AvgIpc) is 4.16. The molecule has 2 saturated carbocycles. The molecule has 7 heterocycles. The maximum atomic E-state index is 15.5. The Hall–Kier alpha value is -6.41. The SMILES string of the molecule is CCO[C@@H](CN(C)C(=O)[C@@H]1C[C@@H]2CC2N1c1nc(N2[C@H]3COC[C@@H]2C(=O)N(C2CC2)C3)nc2c1cnn2-c1ccc(F)cc1F)Cn1c(C)nc2cc(F)cc(-c3ccnc(=O)[nH]3)c21. The van der Waals surface area contributed by atoms with Crippen molar-refractivity contribution in [2.75, 3.05) is 49.8 Å². The molecule has 2 bridgehead atoms. The van der Waals surface area contributed by atoms with E-state index >= 15 is 4.39 Å². The number of anilines is 2. The molecule has 332 valence electrons. The first-order valence-electron chi connectivity index (χ1n) is 21.7. The zero-order valence-corrected chi connectivity index (χ0v) is 35.3. The van der Waals surface area contributed by atoms with Crippen LogP contribution in [0.1, 0.15) is 38.4 Å². The smallest absolute Gasteiger partial charge is 0.345 e. The summed E-state index contributed by atoms with van der Waals surface area (Å²) in [5, 5.41) is 5.03. The topological polar surface area (TPSA) is 173 Å². The number of H-pyrrole nitrogens is 1. The van der Waals surface area contributed by atoms with Crippen LogP contribution in [0.25, 0.3) is 39.0 Å². The summed E-state index contributed by atoms with van der Waals surface area (Å²) in [6.07, 6.45) is 5.71. The van der Waals surface area contributed by atoms with Gasteiger partial charge in [0.15, 0.2) is 11.5 Å². The summed E-state index contributed by atoms with van der Waals surface area (Å²) in [5.41, 5.74) is 1.47. The fourth-order valence-corrected chi connectivity index (χ4v) is 10.2. The number of halogens is 3. The summed E-state index contributed by atoms with van der Waals surface area (Å²) in [4.78, 5) is 69.8. The molecule has 2 aliphatic carbocycles. The number of rotatable bonds is 12. The number of aromatic nitrogens is 8. The van der Waals surface area contributed by atoms with Crippen LogP contribution in [0, 0.1) is 30.3 Å². The number of ether oxygens (including phenoxy) is 2. The lowest BCUT2D eigenvalue weighted by atomic mass is 10.0. The lowest BCUT2D eigenvalue weighted by Gasteiger charge is -2.49. The normalized spacial score (nSPS) is 23.3. The van der Waals surface area contributed by atoms with Gasteiger partial charge in [0.25, 0.3) is 0 Å². The van der Waals surface area contributed by atoms with Crippen molar-refractivity contribution in [3.8, 4) is 16.9 Å². The van der Waals surface area contributed by atoms with Crippen molar-refractivity contribution in [3.63, 3.8) is 0 Å². The summed E-state index contributed by atoms with van der Waals surface area (Å²) in [6, 6.07) is 6.16. The number of nitrogens with one attached hydrogen (secondary N) is 1. The van der Waals surface area contributed by atoms with Gasteiger partial charge in [0.1, 0.15) is 41.0 Å². The molecule has 1 unspecified atom stereocenters. The van der Waals surface area contributed by atoms with Crippen LogP contribution < -0.4 is 15.5 Å². The number of carbonyl (C=O) groups excluding carboxylic acids is 2. The summed E-state index contributed by atoms with van der Waals surface area (Å²) in [5.74, 6) is -0.804. The quantitative estimate of drug-likeness (QED) is 0.189. The van der Waals surface area contributed by atoms with Crippen molar-refractivity contribution >= 4 is 45.6 Å². The molecule has 5 aliphatic rings. The number of piperidine rings is 1. The Morgan fingerprint density at radius 2 is 1.86 bits per heavy atom. The summed E-state index contributed by atoms with van der Waals surface area (Å²) in [6.45, 7) is 5.43. The van der Waals surface area contributed by atoms with Gasteiger partial charge in [0, 0.05) is 62.7 Å². The second-order valence-electron chi connectivity index (χ2n) is 17.5. The number of hydrogen-bond acceptors (Lipinski definition) is 12. The monoisotopic (exact) mass is 878 g/mol. The van der Waals surface area contributed by atoms with Crippen LogP contribution in [0.3, 0.4) is 0 Å². The lowest BCUT2D eigenvalue weighted by Crippen LogP contribution is -2.68. The third kappa shape index (κ3) is 6.84. The van der Waals surface area contributed by atoms with Crippen LogP contribution >= 0.6 is 0 Å². The Kier molecular flexibility index (Phi) is 9.71. The van der Waals surface area contributed by atoms with Crippen molar-refractivity contribution in [2.45, 2.75) is 82.4 Å². The van der Waals surface area contributed by atoms with Gasteiger partial charge in [-0.05, 0) is 69.7 Å². The highest BCUT2D eigenvalue weighted by atomic mass is 19.1. The third-order valence-electron chi connectivity index (χ3n) is 13.3. The first-order chi connectivity index (χ1) is 30.9. The first-order valence-corrected chi connectivity index (χ1v) is 21.7. The molecule has 2 amide bonds. The van der Waals surface area contributed by atoms with Crippen LogP contribution in [-0.4, -0.2) is 137 Å². The number of piperazine rings is 1. The van der Waals surface area contributed by atoms with E-state index in [1.54, 1.807) is 24.2 Å². The van der Waals surface area contributed by atoms with E-state index in [4.69, 9.17) is 19.4 Å². The summed E-state index contributed by atoms with van der Waals surface area (Å²) >= 11 is 0. The Morgan fingerprint density at radius 1 is 1.02 bits per heavy atom. The Morgan fingerprint density at radius 3 is 2.64 bits per heavy atom. The molecule has 0 radical (unpaired) electrons. The number of aryl methyl sites for hydroxylation is 1. The molecule has 6 aromatic rings. The second kappa shape index (κ2) is 15.4. The highest BCUT2D eigenvalue weighted by molar-refractivity contribution is 5.95. The number of aromatic amines is 1. The van der Waals surface area contributed by atoms with Gasteiger partial charge in [-0.3, -0.25) is 9.59 Å². The van der Waals surface area contributed by atoms with Gasteiger partial charge in [-0.1, -0.05) is 0 Å². The van der Waals surface area contributed by atoms with Gasteiger partial charge >= 0.3 is 5.69 Å². The molecule has 3 aliphatic heterocycles. The molecule has 2 aromatic carbocycles. The molecule has 20 heteroatoms. The highest BCUT2D eigenvalue weighted by Gasteiger charge is 2.56. The van der Waals surface area contributed by atoms with Crippen LogP contribution in [0.4, 0.5) is 24.9 Å². The molecule has 1 N–H and O–H groups in total. The molecule has 0 spiro atoms. The molecule has 64 heavy (non-hydrogen) atoms. The number of likely N-dealkylation sites (N-methyl/N-ethyl adjacent to an activating group) is 1. The van der Waals surface area contributed by atoms with Crippen molar-refractivity contribution in [1.82, 2.24) is 49.1 Å². The maximum Gasteiger partial charge on any atom is 0.345 e. The summed E-state index contributed by atoms with van der Waals surface area (Å²) in [7, 11) is 1.74. The second-order valence-corrected chi connectivity index (χ2v) is 17.5. The van der Waals surface area contributed by atoms with E-state index in [9.17, 15) is 23.2 Å². The summed E-state index contributed by atoms with van der Waals surface area (Å²) < 4.78 is 60.0. The van der Waals surface area contributed by atoms with Crippen molar-refractivity contribution in [3.05, 3.63) is 82.6 Å². The van der Waals surface area contributed by atoms with Crippen LogP contribution in [0.15, 0.2) is 53.6 Å². The van der Waals surface area contributed by atoms with E-state index in [2.05, 4.69) is 20.1 Å². The standard InChI is InChI=1S/C44H45F3N12O5/c1-4-64-28(19-55-22(2)50-33-15-25(46)13-29(38(33)55)32-9-10-48-44(62)51-32)18-54(3)41(60)36-12-23-11-35(23)58(36)39-30-16-49-59(34-8-5-24(45)14-31(34)47)40(30)53-43(52-39)57-27-17-56(26-6-7-26)42(61)37(57)21-63-20-27/h5,8-10,13-16,23,26-28,35-37H,4,6-7,11-12,17-21H2,1-3H3,(H,48,51,62)/t23-,27+,28-,35?,36-,37+/m0/s1. The number of benzene rings is 2. The lowest BCUT2D eigenvalue weighted by molar-refractivity contribution is -0.141. The fraction of sp³-hybridized carbons (Fsp3) is 0.455. The Labute approximate surface area is 363 Å². The van der Waals surface area contributed by atoms with E-state index in [0.717, 1.165) is 31.4 Å². The number of imidazole rings is 1. The maximum absolute atomic E-state index is 15.5. The Bertz CT molecular complexity index is 2920. The predicted octanol–water partition coefficient (Wildman–Crippen LogP) is 3.75. The number of nitrogens with zero attached hydrogens (tertiary/aromatic N) is 11. The van der Waals surface area contributed by atoms with E-state index in [1.165, 1.54) is 29.1 Å². The number of carbonyl (C=O) groups is 2. The van der Waals surface area contributed by atoms with E-state index in [1.807, 2.05) is 33.1 Å². The van der Waals surface area contributed by atoms with Gasteiger partial charge in [0.05, 0.1) is 60.2 Å². The van der Waals surface area contributed by atoms with E-state index in [-0.39, 0.29) is 72.8 Å². The molecule has 4 aromatic heterocycles. The van der Waals surface area contributed by atoms with Gasteiger partial charge in [-0.25, -0.2) is 32.6 Å². The number of morpholine rings is 1. The van der Waals surface area contributed by atoms with Gasteiger partial charge in [-0.15, -0.1) is 0 Å². The molecule has 17 nitrogen and oxygen atoms in total. The third-order valence-corrected chi connectivity index (χ3v) is 13.3. The zero-order chi connectivity index (χ0) is 44.1. The molecular formula is C44H45F3N12O5. The zero-order valence-electron chi connectivity index (χ0n) is 35.3. The van der Waals surface area contributed by atoms with E-state index < -0.39 is 41.3 Å². The molecular weight excluding hydrogens is 834 g/mol. The Balaban J connectivity index is 0.939. The largest absolute Gasteiger partial charge is 0.377 e. The van der Waals surface area contributed by atoms with Crippen LogP contribution in [0.2, 0.25) is 0 Å². The minimum atomic E-state index is -0.832. The van der Waals surface area contributed by atoms with E-state index in [0.29, 0.717) is 65.5 Å². The van der Waals surface area contributed by atoms with Crippen molar-refractivity contribution in [2.24, 2.45) is 5.92 Å². The predicted molar refractivity (Wildman–Crippen MR) is 226 cm³/mol. The molecule has 5 fully saturated rings. The van der Waals surface area contributed by atoms with Crippen LogP contribution in [0.5, 0.6) is 0 Å². The van der Waals surface area contributed by atoms with Gasteiger partial charge < -0.3 is 38.6 Å². The first kappa shape index (κ1) is 40.4. The number of amides is 2.